The zero-order valence-corrected chi connectivity index (χ0v) is 12.4. The fourth-order valence-corrected chi connectivity index (χ4v) is 2.99. The Bertz CT molecular complexity index is 728. The maximum atomic E-state index is 11.6. The first-order chi connectivity index (χ1) is 9.90. The van der Waals surface area contributed by atoms with Crippen molar-refractivity contribution in [2.45, 2.75) is 20.3 Å². The van der Waals surface area contributed by atoms with E-state index in [1.54, 1.807) is 0 Å². The van der Waals surface area contributed by atoms with Gasteiger partial charge in [-0.05, 0) is 38.5 Å². The summed E-state index contributed by atoms with van der Waals surface area (Å²) in [5, 5.41) is 2.03. The highest BCUT2D eigenvalue weighted by atomic mass is 16.1. The van der Waals surface area contributed by atoms with Gasteiger partial charge in [0.15, 0.2) is 0 Å². The molecule has 0 bridgehead atoms. The van der Waals surface area contributed by atoms with Crippen molar-refractivity contribution < 1.29 is 4.79 Å². The standard InChI is InChI=1S/C16H20N4O/c1-10-7-11-12(8-19-10)13(17)3-4-14(11)20-6-5-16(2,9-20)15(18)21/h3-4,7-8H,5-6,9,17H2,1-2H3,(H2,18,21). The van der Waals surface area contributed by atoms with E-state index < -0.39 is 5.41 Å². The molecule has 5 heteroatoms. The van der Waals surface area contributed by atoms with E-state index in [1.807, 2.05) is 38.2 Å². The molecule has 1 fully saturated rings. The lowest BCUT2D eigenvalue weighted by Crippen LogP contribution is -2.37. The molecule has 1 aromatic carbocycles. The van der Waals surface area contributed by atoms with Gasteiger partial charge >= 0.3 is 0 Å². The molecule has 5 nitrogen and oxygen atoms in total. The van der Waals surface area contributed by atoms with E-state index in [1.165, 1.54) is 0 Å². The minimum atomic E-state index is -0.463. The molecule has 2 aromatic rings. The molecule has 0 radical (unpaired) electrons. The van der Waals surface area contributed by atoms with Crippen molar-refractivity contribution in [2.24, 2.45) is 11.1 Å². The Kier molecular flexibility index (Phi) is 3.01. The molecule has 110 valence electrons. The minimum absolute atomic E-state index is 0.234. The zero-order valence-electron chi connectivity index (χ0n) is 12.4. The number of amides is 1. The fourth-order valence-electron chi connectivity index (χ4n) is 2.99. The predicted molar refractivity (Wildman–Crippen MR) is 85.0 cm³/mol. The molecule has 4 N–H and O–H groups in total. The van der Waals surface area contributed by atoms with Crippen molar-refractivity contribution in [3.8, 4) is 0 Å². The molecule has 1 saturated heterocycles. The molecule has 1 atom stereocenters. The Morgan fingerprint density at radius 3 is 2.81 bits per heavy atom. The lowest BCUT2D eigenvalue weighted by Gasteiger charge is -2.24. The molecule has 0 saturated carbocycles. The summed E-state index contributed by atoms with van der Waals surface area (Å²) >= 11 is 0. The molecule has 1 aromatic heterocycles. The highest BCUT2D eigenvalue weighted by molar-refractivity contribution is 6.01. The fraction of sp³-hybridized carbons (Fsp3) is 0.375. The number of nitrogens with two attached hydrogens (primary N) is 2. The molecular weight excluding hydrogens is 264 g/mol. The summed E-state index contributed by atoms with van der Waals surface area (Å²) in [5.74, 6) is -0.234. The second-order valence-corrected chi connectivity index (χ2v) is 6.14. The highest BCUT2D eigenvalue weighted by Gasteiger charge is 2.39. The molecule has 0 spiro atoms. The van der Waals surface area contributed by atoms with Crippen molar-refractivity contribution in [3.63, 3.8) is 0 Å². The summed E-state index contributed by atoms with van der Waals surface area (Å²) in [7, 11) is 0. The Hall–Kier alpha value is -2.30. The van der Waals surface area contributed by atoms with Crippen LogP contribution in [-0.4, -0.2) is 24.0 Å². The van der Waals surface area contributed by atoms with Gasteiger partial charge in [-0.1, -0.05) is 0 Å². The van der Waals surface area contributed by atoms with Crippen molar-refractivity contribution >= 4 is 28.1 Å². The van der Waals surface area contributed by atoms with E-state index in [0.717, 1.165) is 40.8 Å². The van der Waals surface area contributed by atoms with Gasteiger partial charge in [0.2, 0.25) is 5.91 Å². The highest BCUT2D eigenvalue weighted by Crippen LogP contribution is 2.37. The minimum Gasteiger partial charge on any atom is -0.398 e. The molecule has 2 heterocycles. The number of hydrogen-bond donors (Lipinski definition) is 2. The summed E-state index contributed by atoms with van der Waals surface area (Å²) in [6, 6.07) is 5.96. The van der Waals surface area contributed by atoms with E-state index in [0.29, 0.717) is 6.54 Å². The average molecular weight is 284 g/mol. The smallest absolute Gasteiger partial charge is 0.225 e. The zero-order chi connectivity index (χ0) is 15.2. The number of hydrogen-bond acceptors (Lipinski definition) is 4. The van der Waals surface area contributed by atoms with Crippen LogP contribution in [0.1, 0.15) is 19.0 Å². The quantitative estimate of drug-likeness (QED) is 0.824. The molecule has 0 aliphatic carbocycles. The van der Waals surface area contributed by atoms with Gasteiger partial charge in [0.25, 0.3) is 0 Å². The number of pyridine rings is 1. The number of rotatable bonds is 2. The van der Waals surface area contributed by atoms with Crippen LogP contribution in [0, 0.1) is 12.3 Å². The van der Waals surface area contributed by atoms with Crippen LogP contribution >= 0.6 is 0 Å². The Labute approximate surface area is 123 Å². The van der Waals surface area contributed by atoms with Crippen LogP contribution in [0.25, 0.3) is 10.8 Å². The van der Waals surface area contributed by atoms with Crippen molar-refractivity contribution in [3.05, 3.63) is 30.1 Å². The van der Waals surface area contributed by atoms with Gasteiger partial charge < -0.3 is 16.4 Å². The van der Waals surface area contributed by atoms with Gasteiger partial charge in [0.1, 0.15) is 0 Å². The van der Waals surface area contributed by atoms with Crippen LogP contribution in [0.15, 0.2) is 24.4 Å². The van der Waals surface area contributed by atoms with E-state index in [2.05, 4.69) is 9.88 Å². The number of primary amides is 1. The van der Waals surface area contributed by atoms with Crippen LogP contribution in [0.5, 0.6) is 0 Å². The normalized spacial score (nSPS) is 21.9. The topological polar surface area (TPSA) is 85.2 Å². The largest absolute Gasteiger partial charge is 0.398 e. The lowest BCUT2D eigenvalue weighted by molar-refractivity contribution is -0.125. The van der Waals surface area contributed by atoms with Crippen LogP contribution in [0.3, 0.4) is 0 Å². The maximum absolute atomic E-state index is 11.6. The number of aryl methyl sites for hydroxylation is 1. The van der Waals surface area contributed by atoms with E-state index in [-0.39, 0.29) is 5.91 Å². The van der Waals surface area contributed by atoms with Crippen LogP contribution in [0.4, 0.5) is 11.4 Å². The number of nitrogen functional groups attached to an aromatic ring is 1. The third kappa shape index (κ3) is 2.18. The molecule has 1 aliphatic heterocycles. The SMILES string of the molecule is Cc1cc2c(N3CCC(C)(C(N)=O)C3)ccc(N)c2cn1. The number of carbonyl (C=O) groups excluding carboxylic acids is 1. The molecular formula is C16H20N4O. The van der Waals surface area contributed by atoms with Gasteiger partial charge in [-0.15, -0.1) is 0 Å². The van der Waals surface area contributed by atoms with Gasteiger partial charge in [0, 0.05) is 47.1 Å². The summed E-state index contributed by atoms with van der Waals surface area (Å²) < 4.78 is 0. The van der Waals surface area contributed by atoms with Crippen LogP contribution < -0.4 is 16.4 Å². The number of benzene rings is 1. The summed E-state index contributed by atoms with van der Waals surface area (Å²) in [5.41, 5.74) is 13.9. The monoisotopic (exact) mass is 284 g/mol. The molecule has 1 unspecified atom stereocenters. The molecule has 21 heavy (non-hydrogen) atoms. The Balaban J connectivity index is 2.08. The molecule has 1 aliphatic rings. The van der Waals surface area contributed by atoms with Crippen molar-refractivity contribution in [2.75, 3.05) is 23.7 Å². The van der Waals surface area contributed by atoms with E-state index in [9.17, 15) is 4.79 Å². The average Bonchev–Trinajstić information content (AvgIpc) is 2.83. The number of anilines is 2. The first kappa shape index (κ1) is 13.7. The Morgan fingerprint density at radius 1 is 1.38 bits per heavy atom. The van der Waals surface area contributed by atoms with Crippen molar-refractivity contribution in [1.29, 1.82) is 0 Å². The summed E-state index contributed by atoms with van der Waals surface area (Å²) in [6.07, 6.45) is 2.59. The third-order valence-electron chi connectivity index (χ3n) is 4.46. The third-order valence-corrected chi connectivity index (χ3v) is 4.46. The molecule has 1 amide bonds. The van der Waals surface area contributed by atoms with E-state index in [4.69, 9.17) is 11.5 Å². The van der Waals surface area contributed by atoms with Gasteiger partial charge in [-0.25, -0.2) is 0 Å². The predicted octanol–water partition coefficient (Wildman–Crippen LogP) is 1.83. The van der Waals surface area contributed by atoms with E-state index >= 15 is 0 Å². The molecule has 3 rings (SSSR count). The summed E-state index contributed by atoms with van der Waals surface area (Å²) in [6.45, 7) is 5.36. The first-order valence-electron chi connectivity index (χ1n) is 7.10. The first-order valence-corrected chi connectivity index (χ1v) is 7.10. The lowest BCUT2D eigenvalue weighted by atomic mass is 9.89. The van der Waals surface area contributed by atoms with Crippen LogP contribution in [-0.2, 0) is 4.79 Å². The second-order valence-electron chi connectivity index (χ2n) is 6.14. The maximum Gasteiger partial charge on any atom is 0.225 e. The summed E-state index contributed by atoms with van der Waals surface area (Å²) in [4.78, 5) is 18.2. The number of fused-ring (bicyclic) bond motifs is 1. The number of aromatic nitrogens is 1. The number of carbonyl (C=O) groups is 1. The van der Waals surface area contributed by atoms with Gasteiger partial charge in [-0.2, -0.15) is 0 Å². The number of nitrogens with zero attached hydrogens (tertiary/aromatic N) is 2. The second kappa shape index (κ2) is 4.62. The van der Waals surface area contributed by atoms with Gasteiger partial charge in [-0.3, -0.25) is 9.78 Å². The Morgan fingerprint density at radius 2 is 2.14 bits per heavy atom. The van der Waals surface area contributed by atoms with Gasteiger partial charge in [0.05, 0.1) is 5.41 Å². The van der Waals surface area contributed by atoms with Crippen molar-refractivity contribution in [1.82, 2.24) is 4.98 Å². The van der Waals surface area contributed by atoms with Crippen LogP contribution in [0.2, 0.25) is 0 Å².